The van der Waals surface area contributed by atoms with E-state index in [1.807, 2.05) is 0 Å². The third-order valence-corrected chi connectivity index (χ3v) is 15.5. The highest BCUT2D eigenvalue weighted by Gasteiger charge is 2.38. The van der Waals surface area contributed by atoms with Crippen molar-refractivity contribution in [1.82, 2.24) is 36.8 Å². The van der Waals surface area contributed by atoms with E-state index in [9.17, 15) is 58.5 Å². The second kappa shape index (κ2) is 30.7. The molecule has 1 fully saturated rings. The Hall–Kier alpha value is -7.38. The Morgan fingerprint density at radius 2 is 1.27 bits per heavy atom. The molecule has 1 aliphatic rings. The molecule has 424 valence electrons. The highest BCUT2D eigenvalue weighted by Crippen LogP contribution is 2.25. The summed E-state index contributed by atoms with van der Waals surface area (Å²) in [6, 6.07) is 14.2. The van der Waals surface area contributed by atoms with Gasteiger partial charge in [0, 0.05) is 54.8 Å². The summed E-state index contributed by atoms with van der Waals surface area (Å²) in [7, 11) is 3.34. The van der Waals surface area contributed by atoms with Crippen LogP contribution in [0, 0.1) is 0 Å². The molecule has 0 radical (unpaired) electrons. The number of halogens is 1. The summed E-state index contributed by atoms with van der Waals surface area (Å²) in [5.74, 6) is -8.13. The number of rotatable bonds is 19. The summed E-state index contributed by atoms with van der Waals surface area (Å²) in [6.45, 7) is 1.43. The minimum atomic E-state index is -1.75. The highest BCUT2D eigenvalue weighted by atomic mass is 35.5. The second-order valence-corrected chi connectivity index (χ2v) is 21.9. The summed E-state index contributed by atoms with van der Waals surface area (Å²) in [5.41, 5.74) is 19.4. The molecule has 0 spiro atoms. The van der Waals surface area contributed by atoms with E-state index in [4.69, 9.17) is 28.8 Å². The highest BCUT2D eigenvalue weighted by molar-refractivity contribution is 8.76. The van der Waals surface area contributed by atoms with Crippen molar-refractivity contribution in [3.63, 3.8) is 0 Å². The third-order valence-electron chi connectivity index (χ3n) is 12.8. The molecule has 1 saturated heterocycles. The van der Waals surface area contributed by atoms with Crippen molar-refractivity contribution in [3.05, 3.63) is 130 Å². The van der Waals surface area contributed by atoms with Crippen LogP contribution in [-0.4, -0.2) is 147 Å². The fourth-order valence-corrected chi connectivity index (χ4v) is 10.7. The molecule has 4 aromatic carbocycles. The Balaban J connectivity index is 1.58. The summed E-state index contributed by atoms with van der Waals surface area (Å²) in [4.78, 5) is 127. The zero-order chi connectivity index (χ0) is 57.8. The number of hydrogen-bond acceptors (Lipinski definition) is 15. The molecule has 1 heterocycles. The lowest BCUT2D eigenvalue weighted by Crippen LogP contribution is -2.62. The van der Waals surface area contributed by atoms with E-state index in [0.717, 1.165) is 32.1 Å². The maximum absolute atomic E-state index is 14.9. The number of aliphatic hydroxyl groups excluding tert-OH is 1. The van der Waals surface area contributed by atoms with Gasteiger partial charge in [0.1, 0.15) is 53.8 Å². The molecule has 0 saturated carbocycles. The van der Waals surface area contributed by atoms with Crippen LogP contribution in [-0.2, 0) is 64.0 Å². The normalized spacial score (nSPS) is 20.8. The van der Waals surface area contributed by atoms with Gasteiger partial charge in [0.25, 0.3) is 0 Å². The van der Waals surface area contributed by atoms with Crippen molar-refractivity contribution in [2.45, 2.75) is 107 Å². The van der Waals surface area contributed by atoms with E-state index in [-0.39, 0.29) is 80.1 Å². The lowest BCUT2D eigenvalue weighted by Gasteiger charge is -2.32. The van der Waals surface area contributed by atoms with Gasteiger partial charge < -0.3 is 69.3 Å². The second-order valence-electron chi connectivity index (χ2n) is 18.9. The number of phenolic OH excluding ortho intramolecular Hbond substituents is 2. The predicted molar refractivity (Wildman–Crippen MR) is 299 cm³/mol. The number of primary amides is 2. The molecule has 25 heteroatoms. The van der Waals surface area contributed by atoms with Crippen molar-refractivity contribution < 1.29 is 58.5 Å². The number of hydrogen-bond donors (Lipinski definition) is 12. The number of amides is 9. The topological polar surface area (TPSA) is 368 Å². The summed E-state index contributed by atoms with van der Waals surface area (Å²) in [6.07, 6.45) is -1.28. The van der Waals surface area contributed by atoms with Gasteiger partial charge in [0.2, 0.25) is 53.2 Å². The summed E-state index contributed by atoms with van der Waals surface area (Å²) < 4.78 is 0. The predicted octanol–water partition coefficient (Wildman–Crippen LogP) is 0.637. The van der Waals surface area contributed by atoms with Crippen molar-refractivity contribution in [2.75, 3.05) is 25.1 Å². The molecule has 5 rings (SSSR count). The van der Waals surface area contributed by atoms with E-state index in [0.29, 0.717) is 28.1 Å². The largest absolute Gasteiger partial charge is 0.508 e. The van der Waals surface area contributed by atoms with E-state index < -0.39 is 102 Å². The zero-order valence-corrected chi connectivity index (χ0v) is 45.9. The van der Waals surface area contributed by atoms with Gasteiger partial charge in [-0.3, -0.25) is 43.2 Å². The fourth-order valence-electron chi connectivity index (χ4n) is 8.26. The zero-order valence-electron chi connectivity index (χ0n) is 43.5. The number of benzene rings is 4. The smallest absolute Gasteiger partial charge is 0.248 e. The summed E-state index contributed by atoms with van der Waals surface area (Å²) in [5, 5.41) is 47.3. The maximum atomic E-state index is 14.9. The molecule has 22 nitrogen and oxygen atoms in total. The number of likely N-dealkylation sites (N-methyl/N-ethyl adjacent to an activating group) is 1. The van der Waals surface area contributed by atoms with E-state index in [1.165, 1.54) is 74.6 Å². The van der Waals surface area contributed by atoms with Crippen LogP contribution in [0.1, 0.15) is 65.2 Å². The van der Waals surface area contributed by atoms with E-state index >= 15 is 0 Å². The summed E-state index contributed by atoms with van der Waals surface area (Å²) >= 11 is 6.08. The third kappa shape index (κ3) is 19.8. The van der Waals surface area contributed by atoms with Crippen LogP contribution in [0.3, 0.4) is 0 Å². The number of carbonyl (C=O) groups is 9. The van der Waals surface area contributed by atoms with Gasteiger partial charge in [-0.25, -0.2) is 0 Å². The van der Waals surface area contributed by atoms with Gasteiger partial charge in [-0.2, -0.15) is 0 Å². The number of aromatic hydroxyl groups is 2. The van der Waals surface area contributed by atoms with Crippen LogP contribution >= 0.6 is 33.2 Å². The minimum Gasteiger partial charge on any atom is -0.508 e. The molecular weight excluding hydrogens is 1080 g/mol. The quantitative estimate of drug-likeness (QED) is 0.0453. The van der Waals surface area contributed by atoms with Gasteiger partial charge in [0.05, 0.1) is 6.10 Å². The Kier molecular flexibility index (Phi) is 24.3. The Labute approximate surface area is 469 Å². The number of nitrogens with two attached hydrogens (primary N) is 3. The maximum Gasteiger partial charge on any atom is 0.248 e. The fraction of sp³-hybridized carbons (Fsp3) is 0.389. The molecule has 4 aromatic rings. The lowest BCUT2D eigenvalue weighted by atomic mass is 9.99. The van der Waals surface area contributed by atoms with Crippen LogP contribution in [0.4, 0.5) is 0 Å². The van der Waals surface area contributed by atoms with E-state index in [1.54, 1.807) is 36.4 Å². The number of carbonyl (C=O) groups excluding carboxylic acids is 9. The van der Waals surface area contributed by atoms with Gasteiger partial charge in [-0.05, 0) is 110 Å². The first kappa shape index (κ1) is 62.5. The van der Waals surface area contributed by atoms with Gasteiger partial charge in [0.15, 0.2) is 0 Å². The first-order valence-electron chi connectivity index (χ1n) is 25.3. The standard InChI is InChI=1S/C54H67ClN10O12S2/c1-30(66)46-53(76)63-42(51(74)61-40(48(58)71)25-33-10-19-37(67)20-11-33)28-78-79-29-43(59-45(69)23-14-31-8-17-36(55)18-9-31)54(77)65(2)44(27-34-12-21-38(68)22-13-34)52(75)62-41(26-32-6-15-35(16-7-32)47(57)70)50(73)60-39(49(72)64-46)5-3-4-24-56/h6-13,15-22,30,39-44,46,66-68H,3-5,14,23-29,56H2,1-2H3,(H2,57,70)(H2,58,71)(H,59,69)(H,60,73)(H,61,74)(H,62,75)(H,63,76)(H,64,72)/t30-,39?,40-,41-,42+,43-,44+,46+/m1/s1. The van der Waals surface area contributed by atoms with Crippen LogP contribution in [0.25, 0.3) is 0 Å². The Bertz CT molecular complexity index is 2760. The van der Waals surface area contributed by atoms with Crippen LogP contribution in [0.15, 0.2) is 97.1 Å². The van der Waals surface area contributed by atoms with Crippen molar-refractivity contribution >= 4 is 86.4 Å². The van der Waals surface area contributed by atoms with Gasteiger partial charge >= 0.3 is 0 Å². The molecule has 15 N–H and O–H groups in total. The van der Waals surface area contributed by atoms with Crippen LogP contribution in [0.5, 0.6) is 11.5 Å². The number of unbranched alkanes of at least 4 members (excludes halogenated alkanes) is 1. The molecule has 0 aliphatic carbocycles. The average Bonchev–Trinajstić information content (AvgIpc) is 3.42. The number of nitrogens with zero attached hydrogens (tertiary/aromatic N) is 1. The molecule has 1 aliphatic heterocycles. The van der Waals surface area contributed by atoms with Crippen LogP contribution in [0.2, 0.25) is 5.02 Å². The van der Waals surface area contributed by atoms with Crippen molar-refractivity contribution in [1.29, 1.82) is 0 Å². The average molecular weight is 1150 g/mol. The van der Waals surface area contributed by atoms with Crippen LogP contribution < -0.4 is 49.1 Å². The molecule has 79 heavy (non-hydrogen) atoms. The van der Waals surface area contributed by atoms with Crippen molar-refractivity contribution in [3.8, 4) is 11.5 Å². The van der Waals surface area contributed by atoms with E-state index in [2.05, 4.69) is 31.9 Å². The van der Waals surface area contributed by atoms with Gasteiger partial charge in [-0.1, -0.05) is 81.7 Å². The molecular formula is C54H67ClN10O12S2. The number of aliphatic hydroxyl groups is 1. The Morgan fingerprint density at radius 3 is 1.86 bits per heavy atom. The molecule has 0 aromatic heterocycles. The molecule has 9 amide bonds. The SMILES string of the molecule is C[C@@H](O)[C@@H]1NC(=O)C(CCCCN)NC(=O)[C@@H](Cc2ccc(C(N)=O)cc2)NC(=O)[C@H](Cc2ccc(O)cc2)N(C)C(=O)[C@H](NC(=O)CCc2ccc(Cl)cc2)CSSC[C@@H](C(=O)N[C@H](Cc2ccc(O)cc2)C(N)=O)NC1=O. The first-order chi connectivity index (χ1) is 37.6. The number of aryl methyl sites for hydroxylation is 1. The monoisotopic (exact) mass is 1150 g/mol. The molecule has 1 unspecified atom stereocenters. The molecule has 0 bridgehead atoms. The van der Waals surface area contributed by atoms with Gasteiger partial charge in [-0.15, -0.1) is 0 Å². The minimum absolute atomic E-state index is 0.0428. The first-order valence-corrected chi connectivity index (χ1v) is 28.2. The molecule has 8 atom stereocenters. The lowest BCUT2D eigenvalue weighted by molar-refractivity contribution is -0.142. The Morgan fingerprint density at radius 1 is 0.709 bits per heavy atom. The number of nitrogens with one attached hydrogen (secondary N) is 6. The van der Waals surface area contributed by atoms with Crippen molar-refractivity contribution in [2.24, 2.45) is 17.2 Å². The number of phenols is 2.